The molecular formula is C6H5BrNO4S-. The number of pyridine rings is 1. The highest BCUT2D eigenvalue weighted by molar-refractivity contribution is 9.10. The van der Waals surface area contributed by atoms with Crippen LogP contribution in [0, 0.1) is 0 Å². The Kier molecular flexibility index (Phi) is 3.01. The number of rotatable bonds is 2. The Labute approximate surface area is 83.3 Å². The Morgan fingerprint density at radius 1 is 1.62 bits per heavy atom. The van der Waals surface area contributed by atoms with E-state index in [4.69, 9.17) is 5.11 Å². The second-order valence-electron chi connectivity index (χ2n) is 2.24. The van der Waals surface area contributed by atoms with Crippen molar-refractivity contribution in [3.05, 3.63) is 28.5 Å². The van der Waals surface area contributed by atoms with Crippen molar-refractivity contribution in [1.82, 2.24) is 4.98 Å². The monoisotopic (exact) mass is 266 g/mol. The van der Waals surface area contributed by atoms with Gasteiger partial charge in [-0.15, -0.1) is 0 Å². The van der Waals surface area contributed by atoms with Crippen molar-refractivity contribution >= 4 is 26.0 Å². The Morgan fingerprint density at radius 2 is 2.23 bits per heavy atom. The summed E-state index contributed by atoms with van der Waals surface area (Å²) in [5.74, 6) is 0. The molecule has 7 heteroatoms. The Morgan fingerprint density at radius 3 is 2.69 bits per heavy atom. The summed E-state index contributed by atoms with van der Waals surface area (Å²) in [5.41, 5.74) is -2.06. The van der Waals surface area contributed by atoms with E-state index in [2.05, 4.69) is 20.9 Å². The third-order valence-electron chi connectivity index (χ3n) is 1.34. The molecule has 5 nitrogen and oxygen atoms in total. The molecule has 0 aliphatic heterocycles. The summed E-state index contributed by atoms with van der Waals surface area (Å²) in [7, 11) is -4.73. The van der Waals surface area contributed by atoms with Crippen molar-refractivity contribution in [2.75, 3.05) is 0 Å². The quantitative estimate of drug-likeness (QED) is 0.782. The fraction of sp³-hybridized carbons (Fsp3) is 0.167. The molecule has 0 spiro atoms. The van der Waals surface area contributed by atoms with Crippen LogP contribution in [0.3, 0.4) is 0 Å². The maximum atomic E-state index is 10.4. The maximum Gasteiger partial charge on any atom is 0.170 e. The molecule has 1 aromatic heterocycles. The molecule has 0 aliphatic carbocycles. The van der Waals surface area contributed by atoms with Crippen molar-refractivity contribution in [2.24, 2.45) is 0 Å². The zero-order chi connectivity index (χ0) is 10.1. The normalized spacial score (nSPS) is 14.1. The molecule has 0 aliphatic rings. The van der Waals surface area contributed by atoms with Crippen LogP contribution in [0.4, 0.5) is 0 Å². The van der Waals surface area contributed by atoms with E-state index in [0.29, 0.717) is 0 Å². The van der Waals surface area contributed by atoms with Crippen molar-refractivity contribution in [2.45, 2.75) is 5.44 Å². The molecule has 1 unspecified atom stereocenters. The highest BCUT2D eigenvalue weighted by atomic mass is 79.9. The molecule has 0 saturated heterocycles. The average Bonchev–Trinajstić information content (AvgIpc) is 2.02. The van der Waals surface area contributed by atoms with Crippen molar-refractivity contribution < 1.29 is 18.1 Å². The molecule has 0 saturated carbocycles. The summed E-state index contributed by atoms with van der Waals surface area (Å²) < 4.78 is 31.6. The second kappa shape index (κ2) is 3.70. The van der Waals surface area contributed by atoms with E-state index in [1.807, 2.05) is 0 Å². The minimum Gasteiger partial charge on any atom is -0.746 e. The second-order valence-corrected chi connectivity index (χ2v) is 4.53. The van der Waals surface area contributed by atoms with Crippen LogP contribution in [0.5, 0.6) is 0 Å². The van der Waals surface area contributed by atoms with E-state index in [9.17, 15) is 13.0 Å². The summed E-state index contributed by atoms with van der Waals surface area (Å²) in [6.07, 6.45) is 2.58. The number of aliphatic hydroxyl groups excluding tert-OH is 1. The minimum absolute atomic E-state index is 0.00926. The van der Waals surface area contributed by atoms with E-state index in [1.165, 1.54) is 18.5 Å². The first-order chi connectivity index (χ1) is 5.93. The molecule has 0 bridgehead atoms. The molecule has 1 heterocycles. The first-order valence-electron chi connectivity index (χ1n) is 3.15. The predicted molar refractivity (Wildman–Crippen MR) is 46.6 cm³/mol. The van der Waals surface area contributed by atoms with E-state index in [1.54, 1.807) is 0 Å². The van der Waals surface area contributed by atoms with Crippen LogP contribution in [0.15, 0.2) is 22.9 Å². The zero-order valence-electron chi connectivity index (χ0n) is 6.21. The molecule has 0 amide bonds. The highest BCUT2D eigenvalue weighted by Crippen LogP contribution is 2.24. The molecule has 1 atom stereocenters. The van der Waals surface area contributed by atoms with Gasteiger partial charge in [-0.05, 0) is 22.0 Å². The van der Waals surface area contributed by atoms with Gasteiger partial charge in [-0.1, -0.05) is 0 Å². The molecule has 1 rings (SSSR count). The van der Waals surface area contributed by atoms with Gasteiger partial charge in [-0.2, -0.15) is 0 Å². The van der Waals surface area contributed by atoms with Gasteiger partial charge in [0.2, 0.25) is 0 Å². The van der Waals surface area contributed by atoms with Crippen LogP contribution >= 0.6 is 15.9 Å². The van der Waals surface area contributed by atoms with Crippen LogP contribution in [0.2, 0.25) is 0 Å². The number of hydrogen-bond donors (Lipinski definition) is 1. The van der Waals surface area contributed by atoms with Gasteiger partial charge in [0.1, 0.15) is 10.1 Å². The van der Waals surface area contributed by atoms with Gasteiger partial charge in [0.15, 0.2) is 5.44 Å². The highest BCUT2D eigenvalue weighted by Gasteiger charge is 2.17. The average molecular weight is 267 g/mol. The molecule has 72 valence electrons. The minimum atomic E-state index is -4.73. The Balaban J connectivity index is 3.17. The van der Waals surface area contributed by atoms with E-state index in [-0.39, 0.29) is 10.0 Å². The zero-order valence-corrected chi connectivity index (χ0v) is 8.62. The summed E-state index contributed by atoms with van der Waals surface area (Å²) in [6, 6.07) is 1.25. The van der Waals surface area contributed by atoms with Crippen LogP contribution in [-0.4, -0.2) is 23.1 Å². The van der Waals surface area contributed by atoms with Gasteiger partial charge in [-0.3, -0.25) is 4.98 Å². The van der Waals surface area contributed by atoms with E-state index >= 15 is 0 Å². The lowest BCUT2D eigenvalue weighted by molar-refractivity contribution is 0.235. The number of halogens is 1. The maximum absolute atomic E-state index is 10.4. The molecule has 0 aromatic carbocycles. The third kappa shape index (κ3) is 2.47. The third-order valence-corrected chi connectivity index (χ3v) is 2.81. The summed E-state index contributed by atoms with van der Waals surface area (Å²) in [4.78, 5) is 3.65. The predicted octanol–water partition coefficient (Wildman–Crippen LogP) is 0.380. The number of aliphatic hydroxyl groups is 1. The number of hydrogen-bond acceptors (Lipinski definition) is 5. The summed E-state index contributed by atoms with van der Waals surface area (Å²) in [5, 5.41) is 9.08. The first kappa shape index (κ1) is 10.6. The molecule has 1 N–H and O–H groups in total. The van der Waals surface area contributed by atoms with Gasteiger partial charge in [0.05, 0.1) is 0 Å². The Bertz CT molecular complexity index is 405. The molecule has 0 radical (unpaired) electrons. The molecule has 0 fully saturated rings. The molecule has 13 heavy (non-hydrogen) atoms. The smallest absolute Gasteiger partial charge is 0.170 e. The van der Waals surface area contributed by atoms with Gasteiger partial charge < -0.3 is 9.66 Å². The van der Waals surface area contributed by atoms with E-state index in [0.717, 1.165) is 0 Å². The van der Waals surface area contributed by atoms with Crippen LogP contribution < -0.4 is 0 Å². The fourth-order valence-corrected chi connectivity index (χ4v) is 1.88. The Hall–Kier alpha value is -0.500. The van der Waals surface area contributed by atoms with Gasteiger partial charge >= 0.3 is 0 Å². The van der Waals surface area contributed by atoms with Gasteiger partial charge in [0, 0.05) is 22.4 Å². The van der Waals surface area contributed by atoms with Gasteiger partial charge in [0.25, 0.3) is 0 Å². The topological polar surface area (TPSA) is 90.3 Å². The van der Waals surface area contributed by atoms with Crippen LogP contribution in [-0.2, 0) is 10.1 Å². The summed E-state index contributed by atoms with van der Waals surface area (Å²) >= 11 is 2.96. The lowest BCUT2D eigenvalue weighted by Gasteiger charge is -2.15. The van der Waals surface area contributed by atoms with Crippen molar-refractivity contribution in [1.29, 1.82) is 0 Å². The molecular weight excluding hydrogens is 262 g/mol. The standard InChI is InChI=1S/C6H6BrNO4S/c7-5-3-8-2-1-4(5)6(9)13(10,11)12/h1-3,6,9H,(H,10,11,12)/p-1. The first-order valence-corrected chi connectivity index (χ1v) is 5.41. The van der Waals surface area contributed by atoms with Crippen molar-refractivity contribution in [3.8, 4) is 0 Å². The SMILES string of the molecule is O=S(=O)([O-])C(O)c1ccncc1Br. The number of aromatic nitrogens is 1. The van der Waals surface area contributed by atoms with E-state index < -0.39 is 15.6 Å². The lowest BCUT2D eigenvalue weighted by Crippen LogP contribution is -2.12. The van der Waals surface area contributed by atoms with Crippen LogP contribution in [0.1, 0.15) is 11.0 Å². The summed E-state index contributed by atoms with van der Waals surface area (Å²) in [6.45, 7) is 0. The number of nitrogens with zero attached hydrogens (tertiary/aromatic N) is 1. The fourth-order valence-electron chi connectivity index (χ4n) is 0.742. The van der Waals surface area contributed by atoms with Gasteiger partial charge in [-0.25, -0.2) is 8.42 Å². The molecule has 1 aromatic rings. The lowest BCUT2D eigenvalue weighted by atomic mass is 10.3. The van der Waals surface area contributed by atoms with Crippen LogP contribution in [0.25, 0.3) is 0 Å². The van der Waals surface area contributed by atoms with Crippen molar-refractivity contribution in [3.63, 3.8) is 0 Å². The largest absolute Gasteiger partial charge is 0.746 e.